The van der Waals surface area contributed by atoms with Gasteiger partial charge in [0.05, 0.1) is 45.3 Å². The van der Waals surface area contributed by atoms with Crippen LogP contribution >= 0.6 is 0 Å². The summed E-state index contributed by atoms with van der Waals surface area (Å²) in [5.74, 6) is -1.62. The lowest BCUT2D eigenvalue weighted by Gasteiger charge is -2.43. The summed E-state index contributed by atoms with van der Waals surface area (Å²) in [5.41, 5.74) is -3.75. The third kappa shape index (κ3) is 2.47. The number of nitrogens with zero attached hydrogens (tertiary/aromatic N) is 1. The van der Waals surface area contributed by atoms with Crippen molar-refractivity contribution in [1.82, 2.24) is 4.90 Å². The first kappa shape index (κ1) is 23.2. The van der Waals surface area contributed by atoms with Crippen LogP contribution in [0.25, 0.3) is 5.70 Å². The molecule has 4 aliphatic rings. The first-order chi connectivity index (χ1) is 17.8. The average Bonchev–Trinajstić information content (AvgIpc) is 3.53. The molecule has 0 amide bonds. The fraction of sp³-hybridized carbons (Fsp3) is 0.346. The maximum Gasteiger partial charge on any atom is 0.337 e. The van der Waals surface area contributed by atoms with Crippen molar-refractivity contribution in [1.29, 1.82) is 0 Å². The molecule has 0 saturated carbocycles. The quantitative estimate of drug-likeness (QED) is 0.474. The number of methoxy groups -OCH3 is 4. The zero-order valence-corrected chi connectivity index (χ0v) is 20.5. The van der Waals surface area contributed by atoms with Crippen LogP contribution in [0.5, 0.6) is 23.0 Å². The SMILES string of the molecule is COC(=O)C1=C2c3cc4c(cc3CCN2C2(O)c3c(ccc(OC)c3OC)C(=O)C12C(=O)OC)OCO4. The van der Waals surface area contributed by atoms with E-state index >= 15 is 0 Å². The number of benzene rings is 2. The van der Waals surface area contributed by atoms with Crippen LogP contribution in [0, 0.1) is 5.41 Å². The Labute approximate surface area is 211 Å². The predicted molar refractivity (Wildman–Crippen MR) is 124 cm³/mol. The molecule has 2 unspecified atom stereocenters. The number of ether oxygens (including phenoxy) is 6. The van der Waals surface area contributed by atoms with E-state index < -0.39 is 28.9 Å². The van der Waals surface area contributed by atoms with Gasteiger partial charge in [0.1, 0.15) is 0 Å². The molecule has 1 aliphatic carbocycles. The molecule has 3 heterocycles. The molecule has 0 bridgehead atoms. The molecule has 0 fully saturated rings. The van der Waals surface area contributed by atoms with Crippen LogP contribution in [0.4, 0.5) is 0 Å². The second kappa shape index (κ2) is 7.62. The number of esters is 2. The Morgan fingerprint density at radius 1 is 1.00 bits per heavy atom. The molecule has 11 heteroatoms. The Morgan fingerprint density at radius 3 is 2.38 bits per heavy atom. The van der Waals surface area contributed by atoms with Crippen LogP contribution in [0.15, 0.2) is 29.8 Å². The molecule has 37 heavy (non-hydrogen) atoms. The lowest BCUT2D eigenvalue weighted by Crippen LogP contribution is -2.57. The molecular formula is C26H23NO10. The summed E-state index contributed by atoms with van der Waals surface area (Å²) in [4.78, 5) is 43.0. The van der Waals surface area contributed by atoms with Crippen LogP contribution in [0.2, 0.25) is 0 Å². The van der Waals surface area contributed by atoms with E-state index in [4.69, 9.17) is 28.4 Å². The highest BCUT2D eigenvalue weighted by Gasteiger charge is 2.79. The van der Waals surface area contributed by atoms with E-state index in [1.54, 1.807) is 12.1 Å². The molecule has 2 aromatic carbocycles. The summed E-state index contributed by atoms with van der Waals surface area (Å²) in [5, 5.41) is 12.7. The van der Waals surface area contributed by atoms with Crippen molar-refractivity contribution in [2.45, 2.75) is 12.1 Å². The second-order valence-electron chi connectivity index (χ2n) is 8.95. The standard InChI is InChI=1S/C26H23NO10/c1-32-15-6-5-13-18(21(15)33-2)26(31)25(22(13)28,24(30)35-4)19(23(29)34-3)20-14-10-17-16(36-11-37-17)9-12(14)7-8-27(20)26/h5-6,9-10,31H,7-8,11H2,1-4H3. The van der Waals surface area contributed by atoms with Gasteiger partial charge in [0.15, 0.2) is 34.5 Å². The number of carbonyl (C=O) groups excluding carboxylic acids is 3. The molecule has 2 atom stereocenters. The van der Waals surface area contributed by atoms with Crippen LogP contribution in [-0.2, 0) is 31.2 Å². The molecule has 1 N–H and O–H groups in total. The molecule has 192 valence electrons. The van der Waals surface area contributed by atoms with E-state index in [1.165, 1.54) is 31.3 Å². The van der Waals surface area contributed by atoms with Gasteiger partial charge in [0.25, 0.3) is 0 Å². The van der Waals surface area contributed by atoms with Crippen LogP contribution < -0.4 is 18.9 Å². The number of hydrogen-bond donors (Lipinski definition) is 1. The molecular weight excluding hydrogens is 486 g/mol. The van der Waals surface area contributed by atoms with Gasteiger partial charge < -0.3 is 38.4 Å². The Kier molecular flexibility index (Phi) is 4.77. The maximum atomic E-state index is 14.3. The summed E-state index contributed by atoms with van der Waals surface area (Å²) in [7, 11) is 5.01. The third-order valence-corrected chi connectivity index (χ3v) is 7.61. The van der Waals surface area contributed by atoms with Gasteiger partial charge in [-0.2, -0.15) is 0 Å². The van der Waals surface area contributed by atoms with Crippen molar-refractivity contribution in [3.8, 4) is 23.0 Å². The van der Waals surface area contributed by atoms with E-state index in [1.807, 2.05) is 0 Å². The number of ketones is 1. The minimum absolute atomic E-state index is 0.00230. The van der Waals surface area contributed by atoms with E-state index in [2.05, 4.69) is 0 Å². The smallest absolute Gasteiger partial charge is 0.337 e. The summed E-state index contributed by atoms with van der Waals surface area (Å²) in [6.07, 6.45) is 0.402. The second-order valence-corrected chi connectivity index (χ2v) is 8.95. The highest BCUT2D eigenvalue weighted by molar-refractivity contribution is 6.27. The number of fused-ring (bicyclic) bond motifs is 8. The molecule has 0 saturated heterocycles. The minimum Gasteiger partial charge on any atom is -0.493 e. The van der Waals surface area contributed by atoms with Crippen molar-refractivity contribution < 1.29 is 47.9 Å². The van der Waals surface area contributed by atoms with Gasteiger partial charge >= 0.3 is 11.9 Å². The van der Waals surface area contributed by atoms with E-state index in [0.717, 1.165) is 19.8 Å². The number of carbonyl (C=O) groups is 3. The third-order valence-electron chi connectivity index (χ3n) is 7.61. The van der Waals surface area contributed by atoms with Crippen molar-refractivity contribution in [2.24, 2.45) is 5.41 Å². The average molecular weight is 509 g/mol. The Bertz CT molecular complexity index is 1450. The number of aliphatic hydroxyl groups is 1. The van der Waals surface area contributed by atoms with Gasteiger partial charge in [-0.05, 0) is 36.2 Å². The van der Waals surface area contributed by atoms with Crippen LogP contribution in [0.3, 0.4) is 0 Å². The topological polar surface area (TPSA) is 130 Å². The number of hydrogen-bond acceptors (Lipinski definition) is 11. The lowest BCUT2D eigenvalue weighted by atomic mass is 9.72. The van der Waals surface area contributed by atoms with Gasteiger partial charge in [-0.15, -0.1) is 0 Å². The number of rotatable bonds is 4. The summed E-state index contributed by atoms with van der Waals surface area (Å²) in [6.45, 7) is 0.175. The fourth-order valence-electron chi connectivity index (χ4n) is 6.15. The molecule has 0 spiro atoms. The molecule has 0 aromatic heterocycles. The van der Waals surface area contributed by atoms with E-state index in [9.17, 15) is 19.5 Å². The zero-order chi connectivity index (χ0) is 26.3. The summed E-state index contributed by atoms with van der Waals surface area (Å²) in [6, 6.07) is 6.40. The van der Waals surface area contributed by atoms with Crippen molar-refractivity contribution in [3.05, 3.63) is 52.1 Å². The Hall–Kier alpha value is -4.25. The lowest BCUT2D eigenvalue weighted by molar-refractivity contribution is -0.178. The summed E-state index contributed by atoms with van der Waals surface area (Å²) < 4.78 is 32.3. The van der Waals surface area contributed by atoms with Crippen molar-refractivity contribution in [3.63, 3.8) is 0 Å². The van der Waals surface area contributed by atoms with Gasteiger partial charge in [0, 0.05) is 17.7 Å². The monoisotopic (exact) mass is 509 g/mol. The molecule has 3 aliphatic heterocycles. The van der Waals surface area contributed by atoms with Gasteiger partial charge in [-0.25, -0.2) is 4.79 Å². The zero-order valence-electron chi connectivity index (χ0n) is 20.5. The maximum absolute atomic E-state index is 14.3. The van der Waals surface area contributed by atoms with Crippen molar-refractivity contribution in [2.75, 3.05) is 41.8 Å². The largest absolute Gasteiger partial charge is 0.493 e. The fourth-order valence-corrected chi connectivity index (χ4v) is 6.15. The highest BCUT2D eigenvalue weighted by Crippen LogP contribution is 2.67. The predicted octanol–water partition coefficient (Wildman–Crippen LogP) is 1.39. The van der Waals surface area contributed by atoms with Gasteiger partial charge in [-0.3, -0.25) is 9.59 Å². The minimum atomic E-state index is -2.50. The van der Waals surface area contributed by atoms with E-state index in [0.29, 0.717) is 23.5 Å². The number of Topliss-reactive ketones (excluding diaryl/α,β-unsaturated/α-hetero) is 1. The van der Waals surface area contributed by atoms with Gasteiger partial charge in [-0.1, -0.05) is 0 Å². The Balaban J connectivity index is 1.76. The van der Waals surface area contributed by atoms with Crippen LogP contribution in [0.1, 0.15) is 27.0 Å². The van der Waals surface area contributed by atoms with Gasteiger partial charge in [0.2, 0.25) is 12.2 Å². The first-order valence-electron chi connectivity index (χ1n) is 11.5. The normalized spacial score (nSPS) is 24.2. The molecule has 0 radical (unpaired) electrons. The van der Waals surface area contributed by atoms with Crippen molar-refractivity contribution >= 4 is 23.4 Å². The summed E-state index contributed by atoms with van der Waals surface area (Å²) >= 11 is 0. The first-order valence-corrected chi connectivity index (χ1v) is 11.5. The highest BCUT2D eigenvalue weighted by atomic mass is 16.7. The molecule has 6 rings (SSSR count). The van der Waals surface area contributed by atoms with E-state index in [-0.39, 0.29) is 47.2 Å². The Morgan fingerprint density at radius 2 is 1.73 bits per heavy atom. The van der Waals surface area contributed by atoms with Crippen LogP contribution in [-0.4, -0.2) is 69.5 Å². The molecule has 2 aromatic rings. The molecule has 11 nitrogen and oxygen atoms in total.